The molecule has 146 valence electrons. The van der Waals surface area contributed by atoms with Crippen molar-refractivity contribution in [1.29, 1.82) is 0 Å². The molecule has 4 aromatic rings. The molecule has 3 aromatic carbocycles. The Balaban J connectivity index is 1.38. The molecule has 0 atom stereocenters. The number of methoxy groups -OCH3 is 1. The molecule has 0 unspecified atom stereocenters. The first-order valence-electron chi connectivity index (χ1n) is 9.10. The number of esters is 1. The van der Waals surface area contributed by atoms with E-state index in [2.05, 4.69) is 4.98 Å². The summed E-state index contributed by atoms with van der Waals surface area (Å²) >= 11 is 0. The van der Waals surface area contributed by atoms with E-state index in [0.29, 0.717) is 23.8 Å². The number of hydrogen-bond acceptors (Lipinski definition) is 5. The number of rotatable bonds is 6. The monoisotopic (exact) mass is 391 g/mol. The average molecular weight is 391 g/mol. The van der Waals surface area contributed by atoms with Crippen molar-refractivity contribution in [3.63, 3.8) is 0 Å². The van der Waals surface area contributed by atoms with Crippen LogP contribution in [0, 0.1) is 5.82 Å². The predicted octanol–water partition coefficient (Wildman–Crippen LogP) is 5.18. The minimum Gasteiger partial charge on any atom is -0.497 e. The number of halogens is 1. The molecule has 0 fully saturated rings. The number of hydrogen-bond donors (Lipinski definition) is 0. The molecule has 0 amide bonds. The van der Waals surface area contributed by atoms with Gasteiger partial charge in [-0.05, 0) is 59.3 Å². The van der Waals surface area contributed by atoms with Gasteiger partial charge in [0.05, 0.1) is 19.7 Å². The summed E-state index contributed by atoms with van der Waals surface area (Å²) in [5.41, 5.74) is 0.722. The minimum atomic E-state index is -0.381. The first-order chi connectivity index (χ1) is 14.1. The fourth-order valence-electron chi connectivity index (χ4n) is 2.96. The summed E-state index contributed by atoms with van der Waals surface area (Å²) in [5, 5.41) is 1.95. The van der Waals surface area contributed by atoms with E-state index >= 15 is 0 Å². The molecule has 0 spiro atoms. The largest absolute Gasteiger partial charge is 0.497 e. The molecule has 5 nitrogen and oxygen atoms in total. The van der Waals surface area contributed by atoms with Gasteiger partial charge in [0.1, 0.15) is 17.3 Å². The lowest BCUT2D eigenvalue weighted by atomic mass is 10.1. The van der Waals surface area contributed by atoms with Crippen LogP contribution in [0.1, 0.15) is 12.3 Å². The molecule has 0 saturated heterocycles. The smallest absolute Gasteiger partial charge is 0.311 e. The van der Waals surface area contributed by atoms with Gasteiger partial charge in [-0.25, -0.2) is 9.37 Å². The number of oxazole rings is 1. The van der Waals surface area contributed by atoms with Crippen molar-refractivity contribution in [2.75, 3.05) is 7.11 Å². The Bertz CT molecular complexity index is 1150. The average Bonchev–Trinajstić information content (AvgIpc) is 3.21. The van der Waals surface area contributed by atoms with Gasteiger partial charge in [-0.15, -0.1) is 0 Å². The van der Waals surface area contributed by atoms with Crippen molar-refractivity contribution in [3.8, 4) is 22.8 Å². The maximum Gasteiger partial charge on any atom is 0.311 e. The van der Waals surface area contributed by atoms with Crippen LogP contribution in [0.25, 0.3) is 22.1 Å². The van der Waals surface area contributed by atoms with Crippen LogP contribution in [0.15, 0.2) is 71.3 Å². The molecule has 29 heavy (non-hydrogen) atoms. The van der Waals surface area contributed by atoms with Crippen molar-refractivity contribution >= 4 is 16.7 Å². The van der Waals surface area contributed by atoms with E-state index in [9.17, 15) is 9.18 Å². The molecule has 0 aliphatic heterocycles. The summed E-state index contributed by atoms with van der Waals surface area (Å²) < 4.78 is 29.3. The highest BCUT2D eigenvalue weighted by Crippen LogP contribution is 2.25. The summed E-state index contributed by atoms with van der Waals surface area (Å²) in [6.07, 6.45) is 1.99. The highest BCUT2D eigenvalue weighted by Gasteiger charge is 2.11. The van der Waals surface area contributed by atoms with Gasteiger partial charge in [-0.1, -0.05) is 12.1 Å². The molecule has 1 heterocycles. The van der Waals surface area contributed by atoms with Crippen LogP contribution in [0.5, 0.6) is 11.5 Å². The molecule has 0 bridgehead atoms. The first kappa shape index (κ1) is 18.7. The topological polar surface area (TPSA) is 61.6 Å². The van der Waals surface area contributed by atoms with Gasteiger partial charge in [-0.2, -0.15) is 0 Å². The molecule has 0 aliphatic rings. The van der Waals surface area contributed by atoms with E-state index in [0.717, 1.165) is 22.1 Å². The summed E-state index contributed by atoms with van der Waals surface area (Å²) in [7, 11) is 1.61. The number of fused-ring (bicyclic) bond motifs is 1. The van der Waals surface area contributed by atoms with Crippen molar-refractivity contribution in [1.82, 2.24) is 4.98 Å². The zero-order chi connectivity index (χ0) is 20.2. The SMILES string of the molecule is COc1ccc2ccc(OC(=O)CCc3ncc(-c4ccc(F)cc4)o3)cc2c1. The van der Waals surface area contributed by atoms with Crippen LogP contribution >= 0.6 is 0 Å². The third kappa shape index (κ3) is 4.43. The molecule has 6 heteroatoms. The molecular weight excluding hydrogens is 373 g/mol. The van der Waals surface area contributed by atoms with E-state index in [-0.39, 0.29) is 18.2 Å². The van der Waals surface area contributed by atoms with E-state index in [4.69, 9.17) is 13.9 Å². The molecule has 0 radical (unpaired) electrons. The number of benzene rings is 3. The number of aromatic nitrogens is 1. The van der Waals surface area contributed by atoms with Crippen molar-refractivity contribution in [3.05, 3.63) is 78.6 Å². The van der Waals surface area contributed by atoms with Gasteiger partial charge in [0, 0.05) is 12.0 Å². The third-order valence-electron chi connectivity index (χ3n) is 4.48. The maximum atomic E-state index is 13.0. The van der Waals surface area contributed by atoms with E-state index in [1.54, 1.807) is 37.6 Å². The number of carbonyl (C=O) groups excluding carboxylic acids is 1. The molecule has 4 rings (SSSR count). The standard InChI is InChI=1S/C23H18FNO4/c1-27-19-8-4-15-5-9-20(13-17(15)12-19)28-23(26)11-10-22-25-14-21(29-22)16-2-6-18(24)7-3-16/h2-9,12-14H,10-11H2,1H3. The Hall–Kier alpha value is -3.67. The van der Waals surface area contributed by atoms with Crippen molar-refractivity contribution < 1.29 is 23.1 Å². The quantitative estimate of drug-likeness (QED) is 0.335. The zero-order valence-corrected chi connectivity index (χ0v) is 15.7. The lowest BCUT2D eigenvalue weighted by Gasteiger charge is -2.06. The van der Waals surface area contributed by atoms with Crippen LogP contribution < -0.4 is 9.47 Å². The van der Waals surface area contributed by atoms with Crippen molar-refractivity contribution in [2.45, 2.75) is 12.8 Å². The second-order valence-electron chi connectivity index (χ2n) is 6.47. The molecule has 0 N–H and O–H groups in total. The molecule has 0 saturated carbocycles. The van der Waals surface area contributed by atoms with Gasteiger partial charge in [0.2, 0.25) is 0 Å². The minimum absolute atomic E-state index is 0.125. The van der Waals surface area contributed by atoms with Crippen LogP contribution in [-0.4, -0.2) is 18.1 Å². The zero-order valence-electron chi connectivity index (χ0n) is 15.7. The van der Waals surface area contributed by atoms with Crippen LogP contribution in [0.2, 0.25) is 0 Å². The van der Waals surface area contributed by atoms with E-state index in [1.165, 1.54) is 12.1 Å². The van der Waals surface area contributed by atoms with Gasteiger partial charge in [0.25, 0.3) is 0 Å². The Morgan fingerprint density at radius 3 is 2.48 bits per heavy atom. The Kier molecular flexibility index (Phi) is 5.24. The summed E-state index contributed by atoms with van der Waals surface area (Å²) in [5.74, 6) is 1.45. The van der Waals surface area contributed by atoms with Crippen LogP contribution in [-0.2, 0) is 11.2 Å². The van der Waals surface area contributed by atoms with E-state index < -0.39 is 0 Å². The maximum absolute atomic E-state index is 13.0. The first-order valence-corrected chi connectivity index (χ1v) is 9.10. The number of ether oxygens (including phenoxy) is 2. The van der Waals surface area contributed by atoms with E-state index in [1.807, 2.05) is 24.3 Å². The normalized spacial score (nSPS) is 10.8. The van der Waals surface area contributed by atoms with Gasteiger partial charge >= 0.3 is 5.97 Å². The summed E-state index contributed by atoms with van der Waals surface area (Å²) in [6.45, 7) is 0. The van der Waals surface area contributed by atoms with Crippen LogP contribution in [0.3, 0.4) is 0 Å². The Morgan fingerprint density at radius 2 is 1.72 bits per heavy atom. The van der Waals surface area contributed by atoms with Gasteiger partial charge in [-0.3, -0.25) is 4.79 Å². The molecule has 1 aromatic heterocycles. The predicted molar refractivity (Wildman–Crippen MR) is 106 cm³/mol. The second kappa shape index (κ2) is 8.14. The summed E-state index contributed by atoms with van der Waals surface area (Å²) in [6, 6.07) is 17.1. The number of nitrogens with zero attached hydrogens (tertiary/aromatic N) is 1. The fraction of sp³-hybridized carbons (Fsp3) is 0.130. The molecule has 0 aliphatic carbocycles. The second-order valence-corrected chi connectivity index (χ2v) is 6.47. The fourth-order valence-corrected chi connectivity index (χ4v) is 2.96. The highest BCUT2D eigenvalue weighted by molar-refractivity contribution is 5.86. The number of aryl methyl sites for hydroxylation is 1. The third-order valence-corrected chi connectivity index (χ3v) is 4.48. The lowest BCUT2D eigenvalue weighted by Crippen LogP contribution is -2.09. The van der Waals surface area contributed by atoms with Gasteiger partial charge in [0.15, 0.2) is 11.7 Å². The van der Waals surface area contributed by atoms with Crippen LogP contribution in [0.4, 0.5) is 4.39 Å². The lowest BCUT2D eigenvalue weighted by molar-refractivity contribution is -0.134. The summed E-state index contributed by atoms with van der Waals surface area (Å²) in [4.78, 5) is 16.4. The molecular formula is C23H18FNO4. The van der Waals surface area contributed by atoms with Crippen molar-refractivity contribution in [2.24, 2.45) is 0 Å². The Morgan fingerprint density at radius 1 is 1.00 bits per heavy atom. The van der Waals surface area contributed by atoms with Gasteiger partial charge < -0.3 is 13.9 Å². The highest BCUT2D eigenvalue weighted by atomic mass is 19.1. The Labute approximate surface area is 166 Å². The number of carbonyl (C=O) groups is 1.